The third kappa shape index (κ3) is 1.83. The molecule has 0 radical (unpaired) electrons. The highest BCUT2D eigenvalue weighted by molar-refractivity contribution is 6.36. The molecule has 1 aliphatic rings. The average Bonchev–Trinajstić information content (AvgIpc) is 2.84. The van der Waals surface area contributed by atoms with Crippen LogP contribution in [0.25, 0.3) is 11.6 Å². The molecule has 4 heteroatoms. The highest BCUT2D eigenvalue weighted by Crippen LogP contribution is 2.34. The van der Waals surface area contributed by atoms with Crippen LogP contribution in [0.4, 0.5) is 5.69 Å². The molecule has 3 nitrogen and oxygen atoms in total. The molecule has 1 aliphatic heterocycles. The Bertz CT molecular complexity index is 670. The number of carbonyl (C=O) groups excluding carboxylic acids is 1. The highest BCUT2D eigenvalue weighted by Gasteiger charge is 2.24. The van der Waals surface area contributed by atoms with E-state index in [0.29, 0.717) is 16.4 Å². The van der Waals surface area contributed by atoms with E-state index in [4.69, 9.17) is 16.0 Å². The van der Waals surface area contributed by atoms with Gasteiger partial charge in [-0.3, -0.25) is 4.79 Å². The molecule has 0 saturated heterocycles. The van der Waals surface area contributed by atoms with Crippen molar-refractivity contribution in [2.24, 2.45) is 0 Å². The molecule has 1 aromatic heterocycles. The molecule has 2 aromatic rings. The maximum Gasteiger partial charge on any atom is 0.256 e. The van der Waals surface area contributed by atoms with Crippen molar-refractivity contribution in [3.63, 3.8) is 0 Å². The first-order valence-electron chi connectivity index (χ1n) is 5.53. The fraction of sp³-hybridized carbons (Fsp3) is 0.0714. The van der Waals surface area contributed by atoms with Crippen molar-refractivity contribution < 1.29 is 9.21 Å². The third-order valence-corrected chi connectivity index (χ3v) is 3.05. The van der Waals surface area contributed by atoms with Crippen LogP contribution in [0, 0.1) is 6.92 Å². The predicted molar refractivity (Wildman–Crippen MR) is 71.4 cm³/mol. The van der Waals surface area contributed by atoms with Gasteiger partial charge in [-0.15, -0.1) is 0 Å². The molecule has 1 N–H and O–H groups in total. The summed E-state index contributed by atoms with van der Waals surface area (Å²) in [5.74, 6) is 1.35. The van der Waals surface area contributed by atoms with Gasteiger partial charge >= 0.3 is 0 Å². The van der Waals surface area contributed by atoms with E-state index >= 15 is 0 Å². The van der Waals surface area contributed by atoms with Gasteiger partial charge in [-0.25, -0.2) is 0 Å². The number of fused-ring (bicyclic) bond motifs is 1. The molecule has 0 saturated carbocycles. The van der Waals surface area contributed by atoms with Crippen LogP contribution < -0.4 is 5.32 Å². The largest absolute Gasteiger partial charge is 0.462 e. The Kier molecular flexibility index (Phi) is 2.49. The summed E-state index contributed by atoms with van der Waals surface area (Å²) in [6.07, 6.45) is 1.74. The van der Waals surface area contributed by atoms with E-state index in [1.807, 2.05) is 25.1 Å². The lowest BCUT2D eigenvalue weighted by Crippen LogP contribution is -2.03. The summed E-state index contributed by atoms with van der Waals surface area (Å²) in [6.45, 7) is 1.87. The molecule has 3 rings (SSSR count). The molecule has 90 valence electrons. The van der Waals surface area contributed by atoms with Crippen LogP contribution in [0.2, 0.25) is 5.02 Å². The first kappa shape index (κ1) is 11.1. The monoisotopic (exact) mass is 259 g/mol. The van der Waals surface area contributed by atoms with E-state index in [2.05, 4.69) is 5.32 Å². The minimum absolute atomic E-state index is 0.138. The summed E-state index contributed by atoms with van der Waals surface area (Å²) >= 11 is 5.89. The lowest BCUT2D eigenvalue weighted by molar-refractivity contribution is -0.110. The van der Waals surface area contributed by atoms with Gasteiger partial charge in [0.25, 0.3) is 5.91 Å². The SMILES string of the molecule is Cc1ccc(/C=C2/C(=O)Nc3cc(Cl)ccc32)o1. The first-order valence-corrected chi connectivity index (χ1v) is 5.91. The van der Waals surface area contributed by atoms with E-state index in [9.17, 15) is 4.79 Å². The van der Waals surface area contributed by atoms with Crippen molar-refractivity contribution in [1.29, 1.82) is 0 Å². The minimum atomic E-state index is -0.138. The van der Waals surface area contributed by atoms with Crippen LogP contribution in [0.5, 0.6) is 0 Å². The maximum atomic E-state index is 11.9. The zero-order valence-electron chi connectivity index (χ0n) is 9.66. The summed E-state index contributed by atoms with van der Waals surface area (Å²) in [5.41, 5.74) is 2.18. The van der Waals surface area contributed by atoms with Crippen LogP contribution in [-0.2, 0) is 4.79 Å². The van der Waals surface area contributed by atoms with Gasteiger partial charge in [-0.05, 0) is 37.3 Å². The first-order chi connectivity index (χ1) is 8.63. The average molecular weight is 260 g/mol. The Balaban J connectivity index is 2.09. The number of hydrogen-bond acceptors (Lipinski definition) is 2. The van der Waals surface area contributed by atoms with Gasteiger partial charge in [0, 0.05) is 10.6 Å². The van der Waals surface area contributed by atoms with Crippen molar-refractivity contribution >= 4 is 34.8 Å². The Labute approximate surface area is 109 Å². The van der Waals surface area contributed by atoms with E-state index < -0.39 is 0 Å². The van der Waals surface area contributed by atoms with Gasteiger partial charge in [0.1, 0.15) is 11.5 Å². The molecule has 0 bridgehead atoms. The summed E-state index contributed by atoms with van der Waals surface area (Å²) in [4.78, 5) is 11.9. The topological polar surface area (TPSA) is 42.2 Å². The van der Waals surface area contributed by atoms with E-state index in [0.717, 1.165) is 17.0 Å². The van der Waals surface area contributed by atoms with Gasteiger partial charge in [0.2, 0.25) is 0 Å². The molecule has 0 unspecified atom stereocenters. The molecule has 2 heterocycles. The fourth-order valence-corrected chi connectivity index (χ4v) is 2.16. The number of benzene rings is 1. The van der Waals surface area contributed by atoms with Gasteiger partial charge < -0.3 is 9.73 Å². The summed E-state index contributed by atoms with van der Waals surface area (Å²) in [7, 11) is 0. The van der Waals surface area contributed by atoms with Crippen LogP contribution in [0.15, 0.2) is 34.7 Å². The van der Waals surface area contributed by atoms with Crippen LogP contribution in [0.1, 0.15) is 17.1 Å². The molecule has 0 aliphatic carbocycles. The Morgan fingerprint density at radius 3 is 2.83 bits per heavy atom. The predicted octanol–water partition coefficient (Wildman–Crippen LogP) is 3.73. The molecular weight excluding hydrogens is 250 g/mol. The standard InChI is InChI=1S/C14H10ClNO2/c1-8-2-4-10(18-8)7-12-11-5-3-9(15)6-13(11)16-14(12)17/h2-7H,1H3,(H,16,17)/b12-7+. The summed E-state index contributed by atoms with van der Waals surface area (Å²) in [5, 5.41) is 3.38. The Morgan fingerprint density at radius 1 is 1.28 bits per heavy atom. The van der Waals surface area contributed by atoms with Crippen molar-refractivity contribution in [3.8, 4) is 0 Å². The second-order valence-corrected chi connectivity index (χ2v) is 4.59. The van der Waals surface area contributed by atoms with E-state index in [1.165, 1.54) is 0 Å². The molecule has 0 fully saturated rings. The zero-order chi connectivity index (χ0) is 12.7. The number of amides is 1. The zero-order valence-corrected chi connectivity index (χ0v) is 10.4. The van der Waals surface area contributed by atoms with Gasteiger partial charge in [-0.2, -0.15) is 0 Å². The number of rotatable bonds is 1. The molecule has 0 atom stereocenters. The molecule has 1 aromatic carbocycles. The molecule has 1 amide bonds. The Morgan fingerprint density at radius 2 is 2.11 bits per heavy atom. The van der Waals surface area contributed by atoms with Gasteiger partial charge in [-0.1, -0.05) is 17.7 Å². The number of hydrogen-bond donors (Lipinski definition) is 1. The number of nitrogens with one attached hydrogen (secondary N) is 1. The van der Waals surface area contributed by atoms with Crippen LogP contribution in [-0.4, -0.2) is 5.91 Å². The molecule has 18 heavy (non-hydrogen) atoms. The van der Waals surface area contributed by atoms with Crippen molar-refractivity contribution in [3.05, 3.63) is 52.4 Å². The number of aryl methyl sites for hydroxylation is 1. The molecule has 0 spiro atoms. The second-order valence-electron chi connectivity index (χ2n) is 4.15. The van der Waals surface area contributed by atoms with E-state index in [1.54, 1.807) is 18.2 Å². The highest BCUT2D eigenvalue weighted by atomic mass is 35.5. The molecular formula is C14H10ClNO2. The normalized spacial score (nSPS) is 15.9. The number of halogens is 1. The van der Waals surface area contributed by atoms with Gasteiger partial charge in [0.15, 0.2) is 0 Å². The minimum Gasteiger partial charge on any atom is -0.462 e. The number of anilines is 1. The smallest absolute Gasteiger partial charge is 0.256 e. The Hall–Kier alpha value is -2.00. The van der Waals surface area contributed by atoms with Crippen molar-refractivity contribution in [1.82, 2.24) is 0 Å². The number of carbonyl (C=O) groups is 1. The van der Waals surface area contributed by atoms with Crippen molar-refractivity contribution in [2.75, 3.05) is 5.32 Å². The quantitative estimate of drug-likeness (QED) is 0.793. The van der Waals surface area contributed by atoms with E-state index in [-0.39, 0.29) is 5.91 Å². The van der Waals surface area contributed by atoms with Crippen LogP contribution in [0.3, 0.4) is 0 Å². The van der Waals surface area contributed by atoms with Gasteiger partial charge in [0.05, 0.1) is 11.3 Å². The third-order valence-electron chi connectivity index (χ3n) is 2.81. The lowest BCUT2D eigenvalue weighted by atomic mass is 10.1. The lowest BCUT2D eigenvalue weighted by Gasteiger charge is -1.97. The maximum absolute atomic E-state index is 11.9. The summed E-state index contributed by atoms with van der Waals surface area (Å²) in [6, 6.07) is 9.04. The fourth-order valence-electron chi connectivity index (χ4n) is 1.98. The summed E-state index contributed by atoms with van der Waals surface area (Å²) < 4.78 is 5.45. The second kappa shape index (κ2) is 4.03. The van der Waals surface area contributed by atoms with Crippen LogP contribution >= 0.6 is 11.6 Å². The van der Waals surface area contributed by atoms with Crippen molar-refractivity contribution in [2.45, 2.75) is 6.92 Å². The number of furan rings is 1.